The highest BCUT2D eigenvalue weighted by Gasteiger charge is 2.32. The summed E-state index contributed by atoms with van der Waals surface area (Å²) >= 11 is 1.61. The van der Waals surface area contributed by atoms with Crippen molar-refractivity contribution in [2.75, 3.05) is 26.3 Å². The number of hydrogen-bond acceptors (Lipinski definition) is 7. The molecule has 2 amide bonds. The summed E-state index contributed by atoms with van der Waals surface area (Å²) in [5, 5.41) is 12.1. The van der Waals surface area contributed by atoms with Gasteiger partial charge >= 0.3 is 6.09 Å². The van der Waals surface area contributed by atoms with E-state index in [0.29, 0.717) is 19.6 Å². The Labute approximate surface area is 151 Å². The first kappa shape index (κ1) is 19.6. The van der Waals surface area contributed by atoms with Crippen LogP contribution in [0.4, 0.5) is 4.79 Å². The summed E-state index contributed by atoms with van der Waals surface area (Å²) in [7, 11) is 0. The molecule has 25 heavy (non-hydrogen) atoms. The van der Waals surface area contributed by atoms with Crippen molar-refractivity contribution >= 4 is 23.3 Å². The molecule has 0 saturated carbocycles. The number of rotatable bonds is 8. The van der Waals surface area contributed by atoms with E-state index in [1.165, 1.54) is 0 Å². The number of likely N-dealkylation sites (tertiary alicyclic amines) is 1. The maximum atomic E-state index is 12.2. The van der Waals surface area contributed by atoms with Crippen LogP contribution in [0.1, 0.15) is 24.6 Å². The summed E-state index contributed by atoms with van der Waals surface area (Å²) in [6, 6.07) is 3.56. The Morgan fingerprint density at radius 2 is 2.32 bits per heavy atom. The van der Waals surface area contributed by atoms with Crippen molar-refractivity contribution in [1.82, 2.24) is 15.8 Å². The Hall–Kier alpha value is -1.68. The normalized spacial score (nSPS) is 18.7. The molecule has 2 atom stereocenters. The molecule has 0 aromatic carbocycles. The Morgan fingerprint density at radius 1 is 1.48 bits per heavy atom. The quantitative estimate of drug-likeness (QED) is 0.586. The lowest BCUT2D eigenvalue weighted by molar-refractivity contribution is -0.127. The van der Waals surface area contributed by atoms with Crippen LogP contribution in [0.2, 0.25) is 0 Å². The van der Waals surface area contributed by atoms with Crippen LogP contribution < -0.4 is 10.9 Å². The molecule has 8 nitrogen and oxygen atoms in total. The molecule has 0 unspecified atom stereocenters. The Kier molecular flexibility index (Phi) is 8.13. The molecule has 0 radical (unpaired) electrons. The van der Waals surface area contributed by atoms with Gasteiger partial charge in [0.2, 0.25) is 0 Å². The zero-order valence-corrected chi connectivity index (χ0v) is 15.1. The third-order valence-electron chi connectivity index (χ3n) is 3.81. The van der Waals surface area contributed by atoms with Crippen molar-refractivity contribution in [2.45, 2.75) is 38.5 Å². The van der Waals surface area contributed by atoms with E-state index >= 15 is 0 Å². The van der Waals surface area contributed by atoms with Crippen LogP contribution >= 0.6 is 11.3 Å². The smallest absolute Gasteiger partial charge is 0.426 e. The largest absolute Gasteiger partial charge is 0.449 e. The number of carbonyl (C=O) groups is 2. The van der Waals surface area contributed by atoms with Crippen LogP contribution in [0.25, 0.3) is 0 Å². The van der Waals surface area contributed by atoms with Gasteiger partial charge < -0.3 is 14.6 Å². The highest BCUT2D eigenvalue weighted by atomic mass is 32.1. The van der Waals surface area contributed by atoms with Gasteiger partial charge in [-0.05, 0) is 37.8 Å². The fourth-order valence-corrected chi connectivity index (χ4v) is 3.36. The average Bonchev–Trinajstić information content (AvgIpc) is 3.25. The summed E-state index contributed by atoms with van der Waals surface area (Å²) < 4.78 is 10.2. The lowest BCUT2D eigenvalue weighted by Crippen LogP contribution is -2.51. The Balaban J connectivity index is 1.70. The number of ether oxygens (including phenoxy) is 2. The first-order valence-corrected chi connectivity index (χ1v) is 9.23. The van der Waals surface area contributed by atoms with Gasteiger partial charge in [0, 0.05) is 11.4 Å². The van der Waals surface area contributed by atoms with E-state index in [1.807, 2.05) is 22.4 Å². The Morgan fingerprint density at radius 3 is 3.04 bits per heavy atom. The molecule has 1 aromatic heterocycles. The lowest BCUT2D eigenvalue weighted by atomic mass is 10.2. The zero-order valence-electron chi connectivity index (χ0n) is 14.3. The number of amides is 2. The summed E-state index contributed by atoms with van der Waals surface area (Å²) in [6.45, 7) is 3.67. The summed E-state index contributed by atoms with van der Waals surface area (Å²) in [6.07, 6.45) is 0.174. The monoisotopic (exact) mass is 371 g/mol. The molecular formula is C16H25N3O5S. The van der Waals surface area contributed by atoms with E-state index in [9.17, 15) is 14.7 Å². The molecule has 0 aliphatic carbocycles. The second-order valence-electron chi connectivity index (χ2n) is 5.74. The number of thiophene rings is 1. The second-order valence-corrected chi connectivity index (χ2v) is 6.77. The van der Waals surface area contributed by atoms with Gasteiger partial charge in [-0.15, -0.1) is 11.3 Å². The number of β-amino-alcohol motifs (C(OH)–C–C–N with tert-alkyl or cyclic N) is 1. The molecule has 2 rings (SSSR count). The van der Waals surface area contributed by atoms with Gasteiger partial charge in [0.15, 0.2) is 0 Å². The third-order valence-corrected chi connectivity index (χ3v) is 4.66. The van der Waals surface area contributed by atoms with Crippen LogP contribution in [0.3, 0.4) is 0 Å². The van der Waals surface area contributed by atoms with E-state index in [4.69, 9.17) is 4.74 Å². The molecule has 1 fully saturated rings. The van der Waals surface area contributed by atoms with Gasteiger partial charge in [-0.3, -0.25) is 15.1 Å². The SMILES string of the molecule is CCOC(=O)NNC(=O)[C@@H]1CCCN1C[C@H](O)COCc1cccs1. The highest BCUT2D eigenvalue weighted by Crippen LogP contribution is 2.18. The van der Waals surface area contributed by atoms with Crippen LogP contribution in [-0.4, -0.2) is 60.5 Å². The maximum absolute atomic E-state index is 12.2. The maximum Gasteiger partial charge on any atom is 0.426 e. The zero-order chi connectivity index (χ0) is 18.1. The number of hydrazine groups is 1. The minimum Gasteiger partial charge on any atom is -0.449 e. The van der Waals surface area contributed by atoms with E-state index in [1.54, 1.807) is 18.3 Å². The number of carbonyl (C=O) groups excluding carboxylic acids is 2. The van der Waals surface area contributed by atoms with Crippen molar-refractivity contribution < 1.29 is 24.2 Å². The first-order valence-electron chi connectivity index (χ1n) is 8.35. The van der Waals surface area contributed by atoms with Crippen molar-refractivity contribution in [1.29, 1.82) is 0 Å². The molecule has 1 aliphatic heterocycles. The molecule has 1 aromatic rings. The van der Waals surface area contributed by atoms with Gasteiger partial charge in [-0.25, -0.2) is 10.2 Å². The third kappa shape index (κ3) is 6.62. The van der Waals surface area contributed by atoms with E-state index in [-0.39, 0.29) is 25.2 Å². The van der Waals surface area contributed by atoms with Gasteiger partial charge in [0.25, 0.3) is 5.91 Å². The molecule has 1 aliphatic rings. The molecule has 3 N–H and O–H groups in total. The Bertz CT molecular complexity index is 540. The standard InChI is InChI=1S/C16H25N3O5S/c1-2-24-16(22)18-17-15(21)14-6-3-7-19(14)9-12(20)10-23-11-13-5-4-8-25-13/h4-5,8,12,14,20H,2-3,6-7,9-11H2,1H3,(H,17,21)(H,18,22)/t12-,14-/m0/s1. The lowest BCUT2D eigenvalue weighted by Gasteiger charge is -2.25. The molecular weight excluding hydrogens is 346 g/mol. The topological polar surface area (TPSA) is 100 Å². The van der Waals surface area contributed by atoms with Crippen LogP contribution in [-0.2, 0) is 20.9 Å². The fraction of sp³-hybridized carbons (Fsp3) is 0.625. The van der Waals surface area contributed by atoms with Gasteiger partial charge in [0.1, 0.15) is 0 Å². The molecule has 1 saturated heterocycles. The molecule has 0 spiro atoms. The number of nitrogens with one attached hydrogen (secondary N) is 2. The summed E-state index contributed by atoms with van der Waals surface area (Å²) in [5.74, 6) is -0.308. The van der Waals surface area contributed by atoms with Gasteiger partial charge in [0.05, 0.1) is 32.0 Å². The molecule has 2 heterocycles. The number of hydrogen-bond donors (Lipinski definition) is 3. The predicted molar refractivity (Wildman–Crippen MR) is 92.9 cm³/mol. The number of aliphatic hydroxyl groups is 1. The molecule has 9 heteroatoms. The van der Waals surface area contributed by atoms with Crippen LogP contribution in [0.5, 0.6) is 0 Å². The van der Waals surface area contributed by atoms with Crippen molar-refractivity contribution in [2.24, 2.45) is 0 Å². The molecule has 0 bridgehead atoms. The summed E-state index contributed by atoms with van der Waals surface area (Å²) in [4.78, 5) is 26.4. The van der Waals surface area contributed by atoms with E-state index < -0.39 is 12.2 Å². The van der Waals surface area contributed by atoms with Crippen molar-refractivity contribution in [3.8, 4) is 0 Å². The van der Waals surface area contributed by atoms with Gasteiger partial charge in [-0.2, -0.15) is 0 Å². The van der Waals surface area contributed by atoms with Crippen molar-refractivity contribution in [3.63, 3.8) is 0 Å². The van der Waals surface area contributed by atoms with E-state index in [0.717, 1.165) is 17.8 Å². The van der Waals surface area contributed by atoms with Gasteiger partial charge in [-0.1, -0.05) is 6.07 Å². The average molecular weight is 371 g/mol. The fourth-order valence-electron chi connectivity index (χ4n) is 2.72. The summed E-state index contributed by atoms with van der Waals surface area (Å²) in [5.41, 5.74) is 4.57. The first-order chi connectivity index (χ1) is 12.1. The van der Waals surface area contributed by atoms with Crippen molar-refractivity contribution in [3.05, 3.63) is 22.4 Å². The minimum atomic E-state index is -0.692. The van der Waals surface area contributed by atoms with Crippen LogP contribution in [0, 0.1) is 0 Å². The minimum absolute atomic E-state index is 0.212. The van der Waals surface area contributed by atoms with E-state index in [2.05, 4.69) is 15.6 Å². The number of aliphatic hydroxyl groups excluding tert-OH is 1. The highest BCUT2D eigenvalue weighted by molar-refractivity contribution is 7.09. The number of nitrogens with zero attached hydrogens (tertiary/aromatic N) is 1. The van der Waals surface area contributed by atoms with Crippen LogP contribution in [0.15, 0.2) is 17.5 Å². The molecule has 140 valence electrons. The predicted octanol–water partition coefficient (Wildman–Crippen LogP) is 0.867. The second kappa shape index (κ2) is 10.3.